The minimum atomic E-state index is -0.290. The Bertz CT molecular complexity index is 977. The van der Waals surface area contributed by atoms with Crippen LogP contribution >= 0.6 is 0 Å². The summed E-state index contributed by atoms with van der Waals surface area (Å²) in [6.07, 6.45) is 1.63. The lowest BCUT2D eigenvalue weighted by atomic mass is 10.0. The van der Waals surface area contributed by atoms with Crippen molar-refractivity contribution in [1.82, 2.24) is 5.43 Å². The second kappa shape index (κ2) is 8.49. The largest absolute Gasteiger partial charge is 0.483 e. The first-order valence-corrected chi connectivity index (χ1v) is 9.07. The van der Waals surface area contributed by atoms with E-state index in [0.29, 0.717) is 5.92 Å². The molecule has 0 saturated heterocycles. The van der Waals surface area contributed by atoms with Crippen molar-refractivity contribution in [3.8, 4) is 5.75 Å². The molecular weight excluding hydrogens is 336 g/mol. The first-order valence-electron chi connectivity index (χ1n) is 9.07. The van der Waals surface area contributed by atoms with Crippen LogP contribution in [0.15, 0.2) is 65.8 Å². The fourth-order valence-corrected chi connectivity index (χ4v) is 2.77. The van der Waals surface area contributed by atoms with Crippen LogP contribution in [0.2, 0.25) is 0 Å². The van der Waals surface area contributed by atoms with E-state index in [9.17, 15) is 4.79 Å². The Morgan fingerprint density at radius 2 is 1.85 bits per heavy atom. The molecule has 0 aliphatic carbocycles. The van der Waals surface area contributed by atoms with Gasteiger partial charge in [0.1, 0.15) is 5.75 Å². The number of fused-ring (bicyclic) bond motifs is 1. The summed E-state index contributed by atoms with van der Waals surface area (Å²) in [7, 11) is 0. The van der Waals surface area contributed by atoms with Crippen LogP contribution in [0.25, 0.3) is 10.8 Å². The molecule has 1 N–H and O–H groups in total. The van der Waals surface area contributed by atoms with E-state index in [4.69, 9.17) is 4.74 Å². The molecule has 4 nitrogen and oxygen atoms in total. The van der Waals surface area contributed by atoms with Gasteiger partial charge in [-0.05, 0) is 52.4 Å². The van der Waals surface area contributed by atoms with Gasteiger partial charge < -0.3 is 4.74 Å². The third kappa shape index (κ3) is 4.94. The number of benzene rings is 3. The number of hydrazone groups is 1. The van der Waals surface area contributed by atoms with Crippen LogP contribution in [0.1, 0.15) is 36.5 Å². The summed E-state index contributed by atoms with van der Waals surface area (Å²) in [5.41, 5.74) is 5.63. The van der Waals surface area contributed by atoms with Crippen molar-refractivity contribution in [2.24, 2.45) is 5.10 Å². The van der Waals surface area contributed by atoms with Crippen LogP contribution in [0.4, 0.5) is 0 Å². The molecular formula is C23H24N2O2. The van der Waals surface area contributed by atoms with Gasteiger partial charge in [0, 0.05) is 0 Å². The molecule has 4 heteroatoms. The van der Waals surface area contributed by atoms with Gasteiger partial charge in [-0.3, -0.25) is 4.79 Å². The number of ether oxygens (including phenoxy) is 1. The number of rotatable bonds is 6. The molecule has 138 valence electrons. The van der Waals surface area contributed by atoms with Crippen LogP contribution in [0.3, 0.4) is 0 Å². The highest BCUT2D eigenvalue weighted by molar-refractivity contribution is 5.90. The Balaban J connectivity index is 1.56. The van der Waals surface area contributed by atoms with Gasteiger partial charge in [0.2, 0.25) is 0 Å². The van der Waals surface area contributed by atoms with Gasteiger partial charge in [-0.15, -0.1) is 0 Å². The van der Waals surface area contributed by atoms with Crippen molar-refractivity contribution in [3.05, 3.63) is 77.4 Å². The van der Waals surface area contributed by atoms with Crippen molar-refractivity contribution in [2.45, 2.75) is 26.7 Å². The lowest BCUT2D eigenvalue weighted by molar-refractivity contribution is -0.123. The van der Waals surface area contributed by atoms with Gasteiger partial charge in [0.25, 0.3) is 5.91 Å². The Labute approximate surface area is 159 Å². The minimum absolute atomic E-state index is 0.0720. The number of hydrogen-bond acceptors (Lipinski definition) is 3. The molecule has 0 spiro atoms. The molecule has 0 unspecified atom stereocenters. The van der Waals surface area contributed by atoms with E-state index in [1.165, 1.54) is 10.9 Å². The number of carbonyl (C=O) groups is 1. The number of aryl methyl sites for hydroxylation is 1. The third-order valence-electron chi connectivity index (χ3n) is 4.41. The Hall–Kier alpha value is -3.14. The molecule has 0 aliphatic rings. The van der Waals surface area contributed by atoms with E-state index < -0.39 is 0 Å². The van der Waals surface area contributed by atoms with E-state index >= 15 is 0 Å². The highest BCUT2D eigenvalue weighted by Crippen LogP contribution is 2.24. The molecule has 0 radical (unpaired) electrons. The standard InChI is InChI=1S/C23H24N2O2/c1-16(2)20-10-8-17(3)22(13-20)27-15-23(26)25-24-14-18-9-11-19-6-4-5-7-21(19)12-18/h4-14,16H,15H2,1-3H3,(H,25,26)/b24-14+. The lowest BCUT2D eigenvalue weighted by Crippen LogP contribution is -2.24. The molecule has 3 aromatic carbocycles. The summed E-state index contributed by atoms with van der Waals surface area (Å²) in [6, 6.07) is 20.2. The van der Waals surface area contributed by atoms with Gasteiger partial charge in [0.15, 0.2) is 6.61 Å². The van der Waals surface area contributed by atoms with Gasteiger partial charge >= 0.3 is 0 Å². The van der Waals surface area contributed by atoms with Crippen LogP contribution in [0, 0.1) is 6.92 Å². The molecule has 0 fully saturated rings. The zero-order valence-corrected chi connectivity index (χ0v) is 15.9. The molecule has 0 saturated carbocycles. The highest BCUT2D eigenvalue weighted by atomic mass is 16.5. The fraction of sp³-hybridized carbons (Fsp3) is 0.217. The zero-order chi connectivity index (χ0) is 19.2. The normalized spacial score (nSPS) is 11.3. The van der Waals surface area contributed by atoms with Crippen molar-refractivity contribution >= 4 is 22.9 Å². The van der Waals surface area contributed by atoms with E-state index in [0.717, 1.165) is 22.3 Å². The van der Waals surface area contributed by atoms with Crippen LogP contribution in [-0.2, 0) is 4.79 Å². The average Bonchev–Trinajstić information content (AvgIpc) is 2.67. The molecule has 3 aromatic rings. The number of nitrogens with zero attached hydrogens (tertiary/aromatic N) is 1. The minimum Gasteiger partial charge on any atom is -0.483 e. The lowest BCUT2D eigenvalue weighted by Gasteiger charge is -2.12. The smallest absolute Gasteiger partial charge is 0.277 e. The molecule has 0 heterocycles. The summed E-state index contributed by atoms with van der Waals surface area (Å²) in [6.45, 7) is 6.15. The topological polar surface area (TPSA) is 50.7 Å². The van der Waals surface area contributed by atoms with Gasteiger partial charge in [-0.25, -0.2) is 5.43 Å². The first-order chi connectivity index (χ1) is 13.0. The molecule has 1 amide bonds. The summed E-state index contributed by atoms with van der Waals surface area (Å²) >= 11 is 0. The van der Waals surface area contributed by atoms with Gasteiger partial charge in [0.05, 0.1) is 6.21 Å². The third-order valence-corrected chi connectivity index (χ3v) is 4.41. The fourth-order valence-electron chi connectivity index (χ4n) is 2.77. The molecule has 0 bridgehead atoms. The second-order valence-corrected chi connectivity index (χ2v) is 6.87. The van der Waals surface area contributed by atoms with Gasteiger partial charge in [-0.2, -0.15) is 5.10 Å². The first kappa shape index (κ1) is 18.6. The zero-order valence-electron chi connectivity index (χ0n) is 15.9. The quantitative estimate of drug-likeness (QED) is 0.507. The van der Waals surface area contributed by atoms with E-state index in [1.54, 1.807) is 6.21 Å². The van der Waals surface area contributed by atoms with Crippen LogP contribution in [-0.4, -0.2) is 18.7 Å². The summed E-state index contributed by atoms with van der Waals surface area (Å²) in [4.78, 5) is 12.0. The van der Waals surface area contributed by atoms with Crippen molar-refractivity contribution < 1.29 is 9.53 Å². The maximum Gasteiger partial charge on any atom is 0.277 e. The van der Waals surface area contributed by atoms with E-state index in [-0.39, 0.29) is 12.5 Å². The maximum atomic E-state index is 12.0. The second-order valence-electron chi connectivity index (χ2n) is 6.87. The summed E-state index contributed by atoms with van der Waals surface area (Å²) in [5.74, 6) is 0.851. The summed E-state index contributed by atoms with van der Waals surface area (Å²) < 4.78 is 5.66. The molecule has 3 rings (SSSR count). The van der Waals surface area contributed by atoms with Crippen molar-refractivity contribution in [3.63, 3.8) is 0 Å². The Kier molecular flexibility index (Phi) is 5.87. The van der Waals surface area contributed by atoms with E-state index in [2.05, 4.69) is 36.5 Å². The van der Waals surface area contributed by atoms with Crippen LogP contribution in [0.5, 0.6) is 5.75 Å². The van der Waals surface area contributed by atoms with Crippen molar-refractivity contribution in [1.29, 1.82) is 0 Å². The van der Waals surface area contributed by atoms with Crippen LogP contribution < -0.4 is 10.2 Å². The predicted octanol–water partition coefficient (Wildman–Crippen LogP) is 4.80. The highest BCUT2D eigenvalue weighted by Gasteiger charge is 2.07. The predicted molar refractivity (Wildman–Crippen MR) is 110 cm³/mol. The maximum absolute atomic E-state index is 12.0. The average molecular weight is 360 g/mol. The number of carbonyl (C=O) groups excluding carboxylic acids is 1. The number of amides is 1. The van der Waals surface area contributed by atoms with Crippen molar-refractivity contribution in [2.75, 3.05) is 6.61 Å². The number of hydrogen-bond donors (Lipinski definition) is 1. The van der Waals surface area contributed by atoms with E-state index in [1.807, 2.05) is 55.5 Å². The SMILES string of the molecule is Cc1ccc(C(C)C)cc1OCC(=O)N/N=C/c1ccc2ccccc2c1. The molecule has 0 aliphatic heterocycles. The summed E-state index contributed by atoms with van der Waals surface area (Å²) in [5, 5.41) is 6.33. The number of nitrogens with one attached hydrogen (secondary N) is 1. The monoisotopic (exact) mass is 360 g/mol. The molecule has 27 heavy (non-hydrogen) atoms. The Morgan fingerprint density at radius 3 is 2.63 bits per heavy atom. The Morgan fingerprint density at radius 1 is 1.07 bits per heavy atom. The molecule has 0 atom stereocenters. The van der Waals surface area contributed by atoms with Gasteiger partial charge in [-0.1, -0.05) is 62.4 Å². The molecule has 0 aromatic heterocycles.